The largest absolute Gasteiger partial charge is 0.496 e. The number of benzene rings is 2. The number of nitrogens with one attached hydrogen (secondary N) is 2. The van der Waals surface area contributed by atoms with Crippen LogP contribution in [0.25, 0.3) is 0 Å². The Bertz CT molecular complexity index is 767. The number of rotatable bonds is 6. The van der Waals surface area contributed by atoms with Gasteiger partial charge in [0.15, 0.2) is 0 Å². The molecule has 3 rings (SSSR count). The van der Waals surface area contributed by atoms with Gasteiger partial charge in [0.1, 0.15) is 11.5 Å². The molecule has 2 unspecified atom stereocenters. The SMILES string of the molecule is COc1ccccc1C(=O)NC1CCCCC1NC(=O)c1ccccc1OC. The van der Waals surface area contributed by atoms with Gasteiger partial charge in [-0.3, -0.25) is 9.59 Å². The molecule has 2 N–H and O–H groups in total. The number of carbonyl (C=O) groups excluding carboxylic acids is 2. The van der Waals surface area contributed by atoms with E-state index in [4.69, 9.17) is 9.47 Å². The van der Waals surface area contributed by atoms with Gasteiger partial charge in [-0.15, -0.1) is 0 Å². The Balaban J connectivity index is 1.72. The van der Waals surface area contributed by atoms with Crippen molar-refractivity contribution in [3.05, 3.63) is 59.7 Å². The molecule has 0 saturated heterocycles. The molecule has 6 heteroatoms. The standard InChI is InChI=1S/C22H26N2O4/c1-27-19-13-7-3-9-15(19)21(25)23-17-11-5-6-12-18(17)24-22(26)16-10-4-8-14-20(16)28-2/h3-4,7-10,13-14,17-18H,5-6,11-12H2,1-2H3,(H,23,25)(H,24,26). The highest BCUT2D eigenvalue weighted by Gasteiger charge is 2.29. The fourth-order valence-electron chi connectivity index (χ4n) is 3.63. The molecule has 0 spiro atoms. The lowest BCUT2D eigenvalue weighted by molar-refractivity contribution is 0.0859. The van der Waals surface area contributed by atoms with Crippen LogP contribution in [0.3, 0.4) is 0 Å². The molecule has 1 aliphatic carbocycles. The van der Waals surface area contributed by atoms with Crippen molar-refractivity contribution in [2.75, 3.05) is 14.2 Å². The van der Waals surface area contributed by atoms with Crippen LogP contribution in [-0.4, -0.2) is 38.1 Å². The molecule has 2 atom stereocenters. The van der Waals surface area contributed by atoms with Gasteiger partial charge in [-0.25, -0.2) is 0 Å². The molecule has 1 saturated carbocycles. The van der Waals surface area contributed by atoms with Crippen LogP contribution >= 0.6 is 0 Å². The second-order valence-electron chi connectivity index (χ2n) is 6.84. The number of ether oxygens (including phenoxy) is 2. The van der Waals surface area contributed by atoms with Gasteiger partial charge >= 0.3 is 0 Å². The summed E-state index contributed by atoms with van der Waals surface area (Å²) in [6, 6.07) is 14.0. The molecule has 0 aliphatic heterocycles. The van der Waals surface area contributed by atoms with Crippen LogP contribution in [-0.2, 0) is 0 Å². The lowest BCUT2D eigenvalue weighted by atomic mass is 9.89. The summed E-state index contributed by atoms with van der Waals surface area (Å²) in [5.74, 6) is 0.678. The highest BCUT2D eigenvalue weighted by atomic mass is 16.5. The molecule has 2 amide bonds. The third-order valence-electron chi connectivity index (χ3n) is 5.10. The van der Waals surface area contributed by atoms with Crippen LogP contribution in [0.5, 0.6) is 11.5 Å². The van der Waals surface area contributed by atoms with Gasteiger partial charge < -0.3 is 20.1 Å². The number of hydrogen-bond acceptors (Lipinski definition) is 4. The molecule has 0 radical (unpaired) electrons. The minimum atomic E-state index is -0.194. The van der Waals surface area contributed by atoms with Gasteiger partial charge in [0.2, 0.25) is 0 Å². The number of para-hydroxylation sites is 2. The highest BCUT2D eigenvalue weighted by molar-refractivity contribution is 5.98. The predicted octanol–water partition coefficient (Wildman–Crippen LogP) is 3.17. The maximum absolute atomic E-state index is 12.8. The third kappa shape index (κ3) is 4.44. The van der Waals surface area contributed by atoms with Crippen molar-refractivity contribution in [2.45, 2.75) is 37.8 Å². The number of hydrogen-bond donors (Lipinski definition) is 2. The van der Waals surface area contributed by atoms with Crippen LogP contribution in [0.4, 0.5) is 0 Å². The van der Waals surface area contributed by atoms with Crippen LogP contribution < -0.4 is 20.1 Å². The number of methoxy groups -OCH3 is 2. The normalized spacial score (nSPS) is 18.8. The molecule has 0 heterocycles. The maximum atomic E-state index is 12.8. The first-order valence-corrected chi connectivity index (χ1v) is 9.51. The summed E-state index contributed by atoms with van der Waals surface area (Å²) in [6.07, 6.45) is 3.66. The first kappa shape index (κ1) is 19.7. The van der Waals surface area contributed by atoms with E-state index < -0.39 is 0 Å². The summed E-state index contributed by atoms with van der Waals surface area (Å²) >= 11 is 0. The van der Waals surface area contributed by atoms with Crippen molar-refractivity contribution in [3.63, 3.8) is 0 Å². The Labute approximate surface area is 165 Å². The monoisotopic (exact) mass is 382 g/mol. The minimum Gasteiger partial charge on any atom is -0.496 e. The fourth-order valence-corrected chi connectivity index (χ4v) is 3.63. The maximum Gasteiger partial charge on any atom is 0.255 e. The molecule has 1 aliphatic rings. The van der Waals surface area contributed by atoms with E-state index in [1.54, 1.807) is 50.6 Å². The zero-order chi connectivity index (χ0) is 19.9. The molecule has 0 aromatic heterocycles. The van der Waals surface area contributed by atoms with E-state index in [9.17, 15) is 9.59 Å². The Morgan fingerprint density at radius 2 is 1.14 bits per heavy atom. The van der Waals surface area contributed by atoms with Crippen molar-refractivity contribution < 1.29 is 19.1 Å². The summed E-state index contributed by atoms with van der Waals surface area (Å²) in [5.41, 5.74) is 0.982. The summed E-state index contributed by atoms with van der Waals surface area (Å²) in [4.78, 5) is 25.5. The van der Waals surface area contributed by atoms with Crippen LogP contribution in [0.2, 0.25) is 0 Å². The first-order chi connectivity index (χ1) is 13.6. The van der Waals surface area contributed by atoms with Gasteiger partial charge in [-0.1, -0.05) is 37.1 Å². The van der Waals surface area contributed by atoms with E-state index in [0.29, 0.717) is 22.6 Å². The van der Waals surface area contributed by atoms with Gasteiger partial charge in [-0.2, -0.15) is 0 Å². The lowest BCUT2D eigenvalue weighted by Crippen LogP contribution is -2.53. The summed E-state index contributed by atoms with van der Waals surface area (Å²) in [7, 11) is 3.09. The van der Waals surface area contributed by atoms with Crippen molar-refractivity contribution in [2.24, 2.45) is 0 Å². The molecule has 2 aromatic carbocycles. The second-order valence-corrected chi connectivity index (χ2v) is 6.84. The van der Waals surface area contributed by atoms with E-state index in [0.717, 1.165) is 25.7 Å². The second kappa shape index (κ2) is 9.26. The van der Waals surface area contributed by atoms with E-state index in [2.05, 4.69) is 10.6 Å². The summed E-state index contributed by atoms with van der Waals surface area (Å²) in [5, 5.41) is 6.16. The summed E-state index contributed by atoms with van der Waals surface area (Å²) in [6.45, 7) is 0. The number of carbonyl (C=O) groups is 2. The molecule has 148 valence electrons. The van der Waals surface area contributed by atoms with E-state index in [-0.39, 0.29) is 23.9 Å². The Morgan fingerprint density at radius 1 is 0.750 bits per heavy atom. The van der Waals surface area contributed by atoms with Crippen LogP contribution in [0.1, 0.15) is 46.4 Å². The highest BCUT2D eigenvalue weighted by Crippen LogP contribution is 2.23. The van der Waals surface area contributed by atoms with Crippen molar-refractivity contribution in [3.8, 4) is 11.5 Å². The first-order valence-electron chi connectivity index (χ1n) is 9.51. The smallest absolute Gasteiger partial charge is 0.255 e. The molecule has 6 nitrogen and oxygen atoms in total. The molecule has 1 fully saturated rings. The van der Waals surface area contributed by atoms with E-state index >= 15 is 0 Å². The lowest BCUT2D eigenvalue weighted by Gasteiger charge is -2.33. The van der Waals surface area contributed by atoms with E-state index in [1.807, 2.05) is 12.1 Å². The third-order valence-corrected chi connectivity index (χ3v) is 5.10. The van der Waals surface area contributed by atoms with Crippen molar-refractivity contribution in [1.82, 2.24) is 10.6 Å². The summed E-state index contributed by atoms with van der Waals surface area (Å²) < 4.78 is 10.6. The molecular weight excluding hydrogens is 356 g/mol. The van der Waals surface area contributed by atoms with Gasteiger partial charge in [0.25, 0.3) is 11.8 Å². The Morgan fingerprint density at radius 3 is 1.54 bits per heavy atom. The predicted molar refractivity (Wildman–Crippen MR) is 107 cm³/mol. The van der Waals surface area contributed by atoms with Gasteiger partial charge in [0.05, 0.1) is 25.3 Å². The quantitative estimate of drug-likeness (QED) is 0.805. The molecule has 28 heavy (non-hydrogen) atoms. The van der Waals surface area contributed by atoms with Crippen LogP contribution in [0, 0.1) is 0 Å². The average molecular weight is 382 g/mol. The van der Waals surface area contributed by atoms with Crippen LogP contribution in [0.15, 0.2) is 48.5 Å². The minimum absolute atomic E-state index is 0.134. The fraction of sp³-hybridized carbons (Fsp3) is 0.364. The van der Waals surface area contributed by atoms with Gasteiger partial charge in [0, 0.05) is 12.1 Å². The number of amides is 2. The molecule has 0 bridgehead atoms. The Hall–Kier alpha value is -3.02. The Kier molecular flexibility index (Phi) is 6.53. The molecule has 2 aromatic rings. The topological polar surface area (TPSA) is 76.7 Å². The zero-order valence-electron chi connectivity index (χ0n) is 16.2. The average Bonchev–Trinajstić information content (AvgIpc) is 2.74. The zero-order valence-corrected chi connectivity index (χ0v) is 16.2. The molecular formula is C22H26N2O4. The van der Waals surface area contributed by atoms with E-state index in [1.165, 1.54) is 0 Å². The van der Waals surface area contributed by atoms with Crippen molar-refractivity contribution in [1.29, 1.82) is 0 Å². The van der Waals surface area contributed by atoms with Crippen molar-refractivity contribution >= 4 is 11.8 Å². The van der Waals surface area contributed by atoms with Gasteiger partial charge in [-0.05, 0) is 37.1 Å².